The molecular weight excluding hydrogens is 290 g/mol. The summed E-state index contributed by atoms with van der Waals surface area (Å²) < 4.78 is 3.62. The molecule has 0 radical (unpaired) electrons. The van der Waals surface area contributed by atoms with E-state index < -0.39 is 0 Å². The van der Waals surface area contributed by atoms with Crippen LogP contribution in [0.25, 0.3) is 5.65 Å². The molecule has 1 atom stereocenters. The van der Waals surface area contributed by atoms with Crippen LogP contribution in [0.3, 0.4) is 0 Å². The summed E-state index contributed by atoms with van der Waals surface area (Å²) in [7, 11) is 1.91. The van der Waals surface area contributed by atoms with Crippen molar-refractivity contribution in [1.29, 1.82) is 0 Å². The monoisotopic (exact) mass is 309 g/mol. The SMILES string of the molecule is Cc1ccnc([C@H](NC(=O)c2cnn3ccn(C)c23)C2CC2)c1. The quantitative estimate of drug-likeness (QED) is 0.804. The minimum absolute atomic E-state index is 0.0300. The number of nitrogens with one attached hydrogen (secondary N) is 1. The van der Waals surface area contributed by atoms with E-state index in [4.69, 9.17) is 0 Å². The molecule has 0 bridgehead atoms. The molecule has 1 amide bonds. The van der Waals surface area contributed by atoms with Gasteiger partial charge in [0.2, 0.25) is 0 Å². The van der Waals surface area contributed by atoms with E-state index in [0.717, 1.165) is 29.7 Å². The second-order valence-corrected chi connectivity index (χ2v) is 6.28. The van der Waals surface area contributed by atoms with Gasteiger partial charge in [0.1, 0.15) is 11.2 Å². The molecule has 0 unspecified atom stereocenters. The van der Waals surface area contributed by atoms with Gasteiger partial charge in [-0.05, 0) is 43.4 Å². The summed E-state index contributed by atoms with van der Waals surface area (Å²) in [5.74, 6) is 0.384. The van der Waals surface area contributed by atoms with Crippen molar-refractivity contribution in [3.63, 3.8) is 0 Å². The molecule has 6 heteroatoms. The lowest BCUT2D eigenvalue weighted by molar-refractivity contribution is 0.0932. The zero-order valence-corrected chi connectivity index (χ0v) is 13.2. The Labute approximate surface area is 134 Å². The van der Waals surface area contributed by atoms with E-state index in [2.05, 4.69) is 21.5 Å². The Morgan fingerprint density at radius 2 is 2.22 bits per heavy atom. The first kappa shape index (κ1) is 14.0. The van der Waals surface area contributed by atoms with Crippen LogP contribution in [0.1, 0.15) is 40.5 Å². The van der Waals surface area contributed by atoms with E-state index in [-0.39, 0.29) is 11.9 Å². The van der Waals surface area contributed by atoms with Gasteiger partial charge in [0, 0.05) is 25.6 Å². The third-order valence-corrected chi connectivity index (χ3v) is 4.41. The predicted octanol–water partition coefficient (Wildman–Crippen LogP) is 2.26. The van der Waals surface area contributed by atoms with Gasteiger partial charge in [-0.2, -0.15) is 5.10 Å². The van der Waals surface area contributed by atoms with E-state index in [1.807, 2.05) is 43.2 Å². The number of amides is 1. The molecule has 6 nitrogen and oxygen atoms in total. The molecule has 0 spiro atoms. The summed E-state index contributed by atoms with van der Waals surface area (Å²) in [6, 6.07) is 4.00. The minimum atomic E-state index is -0.0954. The first-order chi connectivity index (χ1) is 11.1. The number of fused-ring (bicyclic) bond motifs is 1. The lowest BCUT2D eigenvalue weighted by atomic mass is 10.1. The topological polar surface area (TPSA) is 64.2 Å². The number of rotatable bonds is 4. The van der Waals surface area contributed by atoms with E-state index >= 15 is 0 Å². The second-order valence-electron chi connectivity index (χ2n) is 6.28. The van der Waals surface area contributed by atoms with Gasteiger partial charge in [-0.25, -0.2) is 4.52 Å². The number of hydrogen-bond donors (Lipinski definition) is 1. The molecule has 1 N–H and O–H groups in total. The summed E-state index contributed by atoms with van der Waals surface area (Å²) >= 11 is 0. The Morgan fingerprint density at radius 1 is 1.39 bits per heavy atom. The number of hydrogen-bond acceptors (Lipinski definition) is 3. The highest BCUT2D eigenvalue weighted by Crippen LogP contribution is 2.40. The van der Waals surface area contributed by atoms with Crippen molar-refractivity contribution in [2.45, 2.75) is 25.8 Å². The van der Waals surface area contributed by atoms with Crippen LogP contribution in [0.2, 0.25) is 0 Å². The van der Waals surface area contributed by atoms with Gasteiger partial charge in [0.25, 0.3) is 5.91 Å². The number of imidazole rings is 1. The van der Waals surface area contributed by atoms with Gasteiger partial charge < -0.3 is 9.88 Å². The van der Waals surface area contributed by atoms with E-state index in [0.29, 0.717) is 11.5 Å². The number of nitrogens with zero attached hydrogens (tertiary/aromatic N) is 4. The largest absolute Gasteiger partial charge is 0.343 e. The maximum absolute atomic E-state index is 12.8. The van der Waals surface area contributed by atoms with Crippen molar-refractivity contribution in [2.75, 3.05) is 0 Å². The summed E-state index contributed by atoms with van der Waals surface area (Å²) in [6.45, 7) is 2.04. The fourth-order valence-corrected chi connectivity index (χ4v) is 3.02. The molecule has 23 heavy (non-hydrogen) atoms. The van der Waals surface area contributed by atoms with Gasteiger partial charge in [-0.15, -0.1) is 0 Å². The molecule has 1 aliphatic carbocycles. The molecule has 0 aliphatic heterocycles. The highest BCUT2D eigenvalue weighted by atomic mass is 16.1. The maximum atomic E-state index is 12.8. The fourth-order valence-electron chi connectivity index (χ4n) is 3.02. The summed E-state index contributed by atoms with van der Waals surface area (Å²) in [5.41, 5.74) is 3.49. The normalized spacial score (nSPS) is 15.7. The Hall–Kier alpha value is -2.63. The fraction of sp³-hybridized carbons (Fsp3) is 0.353. The van der Waals surface area contributed by atoms with Crippen molar-refractivity contribution in [3.05, 3.63) is 53.7 Å². The minimum Gasteiger partial charge on any atom is -0.343 e. The standard InChI is InChI=1S/C17H19N5O/c1-11-5-6-18-14(9-11)15(12-3-4-12)20-16(23)13-10-19-22-8-7-21(2)17(13)22/h5-10,12,15H,3-4H2,1-2H3,(H,20,23)/t15-/m1/s1. The summed E-state index contributed by atoms with van der Waals surface area (Å²) in [4.78, 5) is 17.2. The van der Waals surface area contributed by atoms with Gasteiger partial charge in [-0.1, -0.05) is 0 Å². The van der Waals surface area contributed by atoms with Crippen LogP contribution in [0.15, 0.2) is 36.9 Å². The van der Waals surface area contributed by atoms with Crippen molar-refractivity contribution in [3.8, 4) is 0 Å². The van der Waals surface area contributed by atoms with Crippen LogP contribution in [0, 0.1) is 12.8 Å². The number of aromatic nitrogens is 4. The maximum Gasteiger partial charge on any atom is 0.257 e. The molecule has 3 heterocycles. The lowest BCUT2D eigenvalue weighted by Crippen LogP contribution is -2.30. The lowest BCUT2D eigenvalue weighted by Gasteiger charge is -2.18. The first-order valence-corrected chi connectivity index (χ1v) is 7.85. The number of pyridine rings is 1. The highest BCUT2D eigenvalue weighted by Gasteiger charge is 2.35. The molecule has 1 aliphatic rings. The molecule has 3 aromatic heterocycles. The molecule has 3 aromatic rings. The Kier molecular flexibility index (Phi) is 3.18. The first-order valence-electron chi connectivity index (χ1n) is 7.85. The second kappa shape index (κ2) is 5.22. The summed E-state index contributed by atoms with van der Waals surface area (Å²) in [5, 5.41) is 7.40. The third-order valence-electron chi connectivity index (χ3n) is 4.41. The zero-order chi connectivity index (χ0) is 16.0. The van der Waals surface area contributed by atoms with Crippen molar-refractivity contribution >= 4 is 11.6 Å². The van der Waals surface area contributed by atoms with Gasteiger partial charge in [0.05, 0.1) is 17.9 Å². The molecule has 1 fully saturated rings. The molecule has 4 rings (SSSR count). The number of carbonyl (C=O) groups excluding carboxylic acids is 1. The average molecular weight is 309 g/mol. The molecule has 118 valence electrons. The molecule has 1 saturated carbocycles. The predicted molar refractivity (Wildman–Crippen MR) is 86.1 cm³/mol. The number of aryl methyl sites for hydroxylation is 2. The van der Waals surface area contributed by atoms with Crippen LogP contribution >= 0.6 is 0 Å². The Bertz CT molecular complexity index is 874. The average Bonchev–Trinajstić information content (AvgIpc) is 3.17. The van der Waals surface area contributed by atoms with Gasteiger partial charge in [0.15, 0.2) is 0 Å². The van der Waals surface area contributed by atoms with Crippen molar-refractivity contribution in [1.82, 2.24) is 24.5 Å². The highest BCUT2D eigenvalue weighted by molar-refractivity contribution is 6.00. The Morgan fingerprint density at radius 3 is 2.96 bits per heavy atom. The van der Waals surface area contributed by atoms with Crippen LogP contribution in [0.4, 0.5) is 0 Å². The van der Waals surface area contributed by atoms with E-state index in [1.54, 1.807) is 10.7 Å². The third kappa shape index (κ3) is 2.50. The van der Waals surface area contributed by atoms with Crippen LogP contribution < -0.4 is 5.32 Å². The van der Waals surface area contributed by atoms with Crippen LogP contribution in [-0.2, 0) is 7.05 Å². The number of carbonyl (C=O) groups is 1. The van der Waals surface area contributed by atoms with E-state index in [9.17, 15) is 4.79 Å². The van der Waals surface area contributed by atoms with Gasteiger partial charge >= 0.3 is 0 Å². The molecular formula is C17H19N5O. The van der Waals surface area contributed by atoms with E-state index in [1.165, 1.54) is 0 Å². The van der Waals surface area contributed by atoms with Gasteiger partial charge in [-0.3, -0.25) is 9.78 Å². The molecule has 0 saturated heterocycles. The Balaban J connectivity index is 1.64. The van der Waals surface area contributed by atoms with Crippen molar-refractivity contribution < 1.29 is 4.79 Å². The zero-order valence-electron chi connectivity index (χ0n) is 13.2. The van der Waals surface area contributed by atoms with Crippen LogP contribution in [-0.4, -0.2) is 25.1 Å². The van der Waals surface area contributed by atoms with Crippen LogP contribution in [0.5, 0.6) is 0 Å². The molecule has 0 aromatic carbocycles. The summed E-state index contributed by atoms with van der Waals surface area (Å²) in [6.07, 6.45) is 9.42. The smallest absolute Gasteiger partial charge is 0.257 e. The van der Waals surface area contributed by atoms with Crippen molar-refractivity contribution in [2.24, 2.45) is 13.0 Å².